The van der Waals surface area contributed by atoms with Crippen LogP contribution >= 0.6 is 0 Å². The van der Waals surface area contributed by atoms with Crippen LogP contribution in [0.4, 0.5) is 0 Å². The number of furan rings is 1. The Morgan fingerprint density at radius 1 is 1.10 bits per heavy atom. The highest BCUT2D eigenvalue weighted by atomic mass is 16.5. The first-order valence-corrected chi connectivity index (χ1v) is 6.66. The third-order valence-electron chi connectivity index (χ3n) is 3.19. The Morgan fingerprint density at radius 2 is 1.85 bits per heavy atom. The van der Waals surface area contributed by atoms with Crippen molar-refractivity contribution in [3.63, 3.8) is 0 Å². The third-order valence-corrected chi connectivity index (χ3v) is 3.19. The Labute approximate surface area is 118 Å². The minimum atomic E-state index is 0.584. The Kier molecular flexibility index (Phi) is 4.74. The van der Waals surface area contributed by atoms with Crippen molar-refractivity contribution >= 4 is 11.0 Å². The molecule has 0 saturated heterocycles. The lowest BCUT2D eigenvalue weighted by atomic mass is 10.1. The van der Waals surface area contributed by atoms with Crippen LogP contribution in [0.15, 0.2) is 16.7 Å². The van der Waals surface area contributed by atoms with E-state index in [1.165, 1.54) is 0 Å². The summed E-state index contributed by atoms with van der Waals surface area (Å²) in [6.07, 6.45) is 2.83. The van der Waals surface area contributed by atoms with Gasteiger partial charge in [0.2, 0.25) is 5.75 Å². The number of rotatable bonds is 7. The first kappa shape index (κ1) is 14.5. The second kappa shape index (κ2) is 6.52. The van der Waals surface area contributed by atoms with Gasteiger partial charge in [-0.3, -0.25) is 0 Å². The van der Waals surface area contributed by atoms with E-state index in [1.807, 2.05) is 6.07 Å². The van der Waals surface area contributed by atoms with Crippen LogP contribution in [0.2, 0.25) is 0 Å². The number of benzene rings is 1. The van der Waals surface area contributed by atoms with Crippen molar-refractivity contribution < 1.29 is 18.6 Å². The number of hydrogen-bond donors (Lipinski definition) is 1. The van der Waals surface area contributed by atoms with Crippen molar-refractivity contribution in [3.8, 4) is 17.2 Å². The van der Waals surface area contributed by atoms with Crippen LogP contribution in [0.5, 0.6) is 17.2 Å². The fraction of sp³-hybridized carbons (Fsp3) is 0.467. The Balaban J connectivity index is 2.52. The van der Waals surface area contributed by atoms with E-state index in [2.05, 4.69) is 12.2 Å². The maximum atomic E-state index is 5.61. The second-order valence-corrected chi connectivity index (χ2v) is 4.46. The number of methoxy groups -OCH3 is 3. The van der Waals surface area contributed by atoms with Gasteiger partial charge in [0.1, 0.15) is 5.58 Å². The molecule has 0 fully saturated rings. The standard InChI is InChI=1S/C15H21NO4/c1-5-6-16-8-10-9-20-11-7-12(17-2)14(18-3)15(19-4)13(10)11/h7,9,16H,5-6,8H2,1-4H3. The molecular weight excluding hydrogens is 258 g/mol. The smallest absolute Gasteiger partial charge is 0.204 e. The normalized spacial score (nSPS) is 10.8. The molecule has 2 aromatic rings. The monoisotopic (exact) mass is 279 g/mol. The summed E-state index contributed by atoms with van der Waals surface area (Å²) in [5.41, 5.74) is 1.78. The molecule has 0 aliphatic rings. The second-order valence-electron chi connectivity index (χ2n) is 4.46. The van der Waals surface area contributed by atoms with Crippen LogP contribution in [-0.4, -0.2) is 27.9 Å². The van der Waals surface area contributed by atoms with E-state index in [0.717, 1.165) is 36.0 Å². The predicted molar refractivity (Wildman–Crippen MR) is 77.9 cm³/mol. The molecule has 5 nitrogen and oxygen atoms in total. The highest BCUT2D eigenvalue weighted by Crippen LogP contribution is 2.45. The van der Waals surface area contributed by atoms with E-state index in [4.69, 9.17) is 18.6 Å². The molecule has 5 heteroatoms. The Bertz CT molecular complexity index is 577. The zero-order valence-corrected chi connectivity index (χ0v) is 12.4. The zero-order valence-electron chi connectivity index (χ0n) is 12.4. The van der Waals surface area contributed by atoms with Crippen molar-refractivity contribution in [1.82, 2.24) is 5.32 Å². The average Bonchev–Trinajstić information content (AvgIpc) is 2.88. The molecule has 1 N–H and O–H groups in total. The summed E-state index contributed by atoms with van der Waals surface area (Å²) in [7, 11) is 4.81. The number of ether oxygens (including phenoxy) is 3. The van der Waals surface area contributed by atoms with Gasteiger partial charge in [-0.1, -0.05) is 6.92 Å². The zero-order chi connectivity index (χ0) is 14.5. The lowest BCUT2D eigenvalue weighted by Gasteiger charge is -2.13. The summed E-state index contributed by atoms with van der Waals surface area (Å²) < 4.78 is 21.8. The van der Waals surface area contributed by atoms with E-state index in [9.17, 15) is 0 Å². The summed E-state index contributed by atoms with van der Waals surface area (Å²) in [5, 5.41) is 4.28. The Hall–Kier alpha value is -1.88. The summed E-state index contributed by atoms with van der Waals surface area (Å²) in [4.78, 5) is 0. The van der Waals surface area contributed by atoms with Gasteiger partial charge in [0, 0.05) is 18.2 Å². The first-order chi connectivity index (χ1) is 9.76. The molecule has 0 radical (unpaired) electrons. The summed E-state index contributed by atoms with van der Waals surface area (Å²) in [6.45, 7) is 3.82. The lowest BCUT2D eigenvalue weighted by Crippen LogP contribution is -2.13. The number of nitrogens with one attached hydrogen (secondary N) is 1. The summed E-state index contributed by atoms with van der Waals surface area (Å²) >= 11 is 0. The number of fused-ring (bicyclic) bond motifs is 1. The van der Waals surface area contributed by atoms with E-state index in [0.29, 0.717) is 17.2 Å². The minimum absolute atomic E-state index is 0.584. The fourth-order valence-corrected chi connectivity index (χ4v) is 2.25. The maximum absolute atomic E-state index is 5.61. The molecule has 1 aromatic carbocycles. The molecule has 0 unspecified atom stereocenters. The number of hydrogen-bond acceptors (Lipinski definition) is 5. The van der Waals surface area contributed by atoms with Crippen molar-refractivity contribution in [1.29, 1.82) is 0 Å². The Morgan fingerprint density at radius 3 is 2.45 bits per heavy atom. The van der Waals surface area contributed by atoms with Crippen LogP contribution in [0.25, 0.3) is 11.0 Å². The topological polar surface area (TPSA) is 52.9 Å². The fourth-order valence-electron chi connectivity index (χ4n) is 2.25. The van der Waals surface area contributed by atoms with Crippen molar-refractivity contribution in [3.05, 3.63) is 17.9 Å². The lowest BCUT2D eigenvalue weighted by molar-refractivity contribution is 0.326. The van der Waals surface area contributed by atoms with E-state index >= 15 is 0 Å². The molecular formula is C15H21NO4. The van der Waals surface area contributed by atoms with Crippen molar-refractivity contribution in [2.24, 2.45) is 0 Å². The molecule has 0 atom stereocenters. The molecule has 1 aromatic heterocycles. The van der Waals surface area contributed by atoms with Crippen molar-refractivity contribution in [2.75, 3.05) is 27.9 Å². The van der Waals surface area contributed by atoms with Gasteiger partial charge in [0.15, 0.2) is 11.5 Å². The predicted octanol–water partition coefficient (Wildman–Crippen LogP) is 2.96. The van der Waals surface area contributed by atoms with Crippen LogP contribution < -0.4 is 19.5 Å². The molecule has 0 aliphatic heterocycles. The SMILES string of the molecule is CCCNCc1coc2cc(OC)c(OC)c(OC)c12. The van der Waals surface area contributed by atoms with Gasteiger partial charge in [-0.05, 0) is 13.0 Å². The van der Waals surface area contributed by atoms with Gasteiger partial charge < -0.3 is 23.9 Å². The molecule has 0 bridgehead atoms. The quantitative estimate of drug-likeness (QED) is 0.790. The van der Waals surface area contributed by atoms with Crippen LogP contribution in [0, 0.1) is 0 Å². The van der Waals surface area contributed by atoms with Gasteiger partial charge in [-0.2, -0.15) is 0 Å². The van der Waals surface area contributed by atoms with Crippen molar-refractivity contribution in [2.45, 2.75) is 19.9 Å². The molecule has 0 aliphatic carbocycles. The molecule has 110 valence electrons. The largest absolute Gasteiger partial charge is 0.493 e. The minimum Gasteiger partial charge on any atom is -0.493 e. The highest BCUT2D eigenvalue weighted by Gasteiger charge is 2.20. The molecule has 0 spiro atoms. The van der Waals surface area contributed by atoms with E-state index in [-0.39, 0.29) is 0 Å². The molecule has 0 saturated carbocycles. The van der Waals surface area contributed by atoms with Gasteiger partial charge in [0.25, 0.3) is 0 Å². The average molecular weight is 279 g/mol. The highest BCUT2D eigenvalue weighted by molar-refractivity contribution is 5.92. The molecule has 20 heavy (non-hydrogen) atoms. The third kappa shape index (κ3) is 2.54. The molecule has 0 amide bonds. The van der Waals surface area contributed by atoms with Crippen LogP contribution in [0.3, 0.4) is 0 Å². The van der Waals surface area contributed by atoms with Crippen LogP contribution in [-0.2, 0) is 6.54 Å². The first-order valence-electron chi connectivity index (χ1n) is 6.66. The summed E-state index contributed by atoms with van der Waals surface area (Å²) in [6, 6.07) is 1.82. The van der Waals surface area contributed by atoms with Gasteiger partial charge in [-0.15, -0.1) is 0 Å². The van der Waals surface area contributed by atoms with E-state index in [1.54, 1.807) is 27.6 Å². The molecule has 1 heterocycles. The summed E-state index contributed by atoms with van der Waals surface area (Å²) in [5.74, 6) is 1.82. The van der Waals surface area contributed by atoms with Crippen LogP contribution in [0.1, 0.15) is 18.9 Å². The van der Waals surface area contributed by atoms with Gasteiger partial charge >= 0.3 is 0 Å². The molecule has 2 rings (SSSR count). The van der Waals surface area contributed by atoms with E-state index < -0.39 is 0 Å². The van der Waals surface area contributed by atoms with Gasteiger partial charge in [0.05, 0.1) is 33.0 Å². The maximum Gasteiger partial charge on any atom is 0.204 e. The van der Waals surface area contributed by atoms with Gasteiger partial charge in [-0.25, -0.2) is 0 Å².